The molecule has 0 saturated carbocycles. The molecule has 98 valence electrons. The molecule has 1 aromatic rings. The molecule has 0 aromatic heterocycles. The van der Waals surface area contributed by atoms with Gasteiger partial charge < -0.3 is 5.73 Å². The number of rotatable bonds is 1. The van der Waals surface area contributed by atoms with E-state index >= 15 is 0 Å². The summed E-state index contributed by atoms with van der Waals surface area (Å²) < 4.78 is 37.6. The second kappa shape index (κ2) is 4.01. The molecule has 1 aromatic carbocycles. The minimum Gasteiger partial charge on any atom is -0.369 e. The van der Waals surface area contributed by atoms with Gasteiger partial charge >= 0.3 is 6.18 Å². The van der Waals surface area contributed by atoms with Gasteiger partial charge in [0, 0.05) is 5.56 Å². The van der Waals surface area contributed by atoms with Crippen LogP contribution in [0.15, 0.2) is 23.2 Å². The third-order valence-corrected chi connectivity index (χ3v) is 2.71. The zero-order valence-electron chi connectivity index (χ0n) is 8.85. The molecule has 1 aliphatic heterocycles. The third kappa shape index (κ3) is 2.22. The monoisotopic (exact) mass is 279 g/mol. The number of nitrogens with zero attached hydrogens (tertiary/aromatic N) is 1. The van der Waals surface area contributed by atoms with E-state index in [0.29, 0.717) is 0 Å². The Balaban J connectivity index is 2.42. The molecule has 9 heteroatoms. The topological polar surface area (TPSA) is 88.5 Å². The second-order valence-electron chi connectivity index (χ2n) is 3.71. The van der Waals surface area contributed by atoms with Gasteiger partial charge in [0.1, 0.15) is 0 Å². The van der Waals surface area contributed by atoms with Crippen molar-refractivity contribution < 1.29 is 13.2 Å². The molecule has 0 amide bonds. The Hall–Kier alpha value is -1.51. The summed E-state index contributed by atoms with van der Waals surface area (Å²) in [7, 11) is 0. The highest BCUT2D eigenvalue weighted by Gasteiger charge is 2.36. The zero-order valence-corrected chi connectivity index (χ0v) is 9.60. The van der Waals surface area contributed by atoms with Gasteiger partial charge in [0.15, 0.2) is 0 Å². The first-order valence-corrected chi connectivity index (χ1v) is 5.15. The maximum atomic E-state index is 12.5. The molecule has 2 rings (SSSR count). The Labute approximate surface area is 105 Å². The summed E-state index contributed by atoms with van der Waals surface area (Å²) in [6.07, 6.45) is -4.51. The van der Waals surface area contributed by atoms with Gasteiger partial charge in [-0.3, -0.25) is 11.2 Å². The van der Waals surface area contributed by atoms with Crippen molar-refractivity contribution in [3.63, 3.8) is 0 Å². The largest absolute Gasteiger partial charge is 0.417 e. The lowest BCUT2D eigenvalue weighted by Crippen LogP contribution is -2.50. The number of aliphatic imine (C=N–C) groups is 1. The Morgan fingerprint density at radius 1 is 1.33 bits per heavy atom. The number of halogens is 4. The van der Waals surface area contributed by atoms with Crippen molar-refractivity contribution in [3.8, 4) is 0 Å². The maximum Gasteiger partial charge on any atom is 0.417 e. The van der Waals surface area contributed by atoms with Crippen molar-refractivity contribution in [3.05, 3.63) is 34.3 Å². The van der Waals surface area contributed by atoms with Crippen LogP contribution in [0.25, 0.3) is 0 Å². The second-order valence-corrected chi connectivity index (χ2v) is 4.11. The summed E-state index contributed by atoms with van der Waals surface area (Å²) in [6.45, 7) is 0. The first-order chi connectivity index (χ1) is 8.22. The summed E-state index contributed by atoms with van der Waals surface area (Å²) in [4.78, 5) is 3.83. The van der Waals surface area contributed by atoms with Crippen molar-refractivity contribution in [2.45, 2.75) is 12.0 Å². The fourth-order valence-electron chi connectivity index (χ4n) is 1.52. The van der Waals surface area contributed by atoms with E-state index in [1.54, 1.807) is 0 Å². The molecular formula is C9H9ClF3N5. The van der Waals surface area contributed by atoms with Crippen molar-refractivity contribution in [2.24, 2.45) is 16.5 Å². The minimum atomic E-state index is -4.51. The van der Waals surface area contributed by atoms with E-state index in [9.17, 15) is 13.2 Å². The number of hydrogen-bond acceptors (Lipinski definition) is 5. The fraction of sp³-hybridized carbons (Fsp3) is 0.222. The fourth-order valence-corrected chi connectivity index (χ4v) is 1.81. The Morgan fingerprint density at radius 3 is 2.44 bits per heavy atom. The van der Waals surface area contributed by atoms with Crippen LogP contribution >= 0.6 is 11.6 Å². The van der Waals surface area contributed by atoms with Crippen molar-refractivity contribution in [2.75, 3.05) is 0 Å². The van der Waals surface area contributed by atoms with Gasteiger partial charge in [-0.2, -0.15) is 18.6 Å². The zero-order chi connectivity index (χ0) is 13.6. The standard InChI is InChI=1S/C9H9ClF3N5/c10-6-3-4(1-2-5(6)8(11,12)13)9(15)16-7(14)17-18-9/h1-3,18H,15H2,(H3,14,16,17). The molecule has 0 aliphatic carbocycles. The molecule has 6 N–H and O–H groups in total. The Bertz CT molecular complexity index is 515. The highest BCUT2D eigenvalue weighted by molar-refractivity contribution is 6.31. The lowest BCUT2D eigenvalue weighted by Gasteiger charge is -2.21. The summed E-state index contributed by atoms with van der Waals surface area (Å²) in [5.41, 5.74) is 15.5. The van der Waals surface area contributed by atoms with E-state index in [2.05, 4.69) is 15.8 Å². The quantitative estimate of drug-likeness (QED) is 0.614. The first kappa shape index (κ1) is 12.9. The van der Waals surface area contributed by atoms with Crippen LogP contribution in [-0.2, 0) is 12.0 Å². The molecule has 0 fully saturated rings. The lowest BCUT2D eigenvalue weighted by atomic mass is 10.1. The smallest absolute Gasteiger partial charge is 0.369 e. The molecule has 1 unspecified atom stereocenters. The van der Waals surface area contributed by atoms with E-state index in [0.717, 1.165) is 12.1 Å². The number of guanidine groups is 1. The van der Waals surface area contributed by atoms with E-state index in [1.165, 1.54) is 6.07 Å². The molecule has 1 heterocycles. The molecule has 0 radical (unpaired) electrons. The molecule has 1 aliphatic rings. The summed E-state index contributed by atoms with van der Waals surface area (Å²) >= 11 is 5.59. The predicted molar refractivity (Wildman–Crippen MR) is 60.2 cm³/mol. The van der Waals surface area contributed by atoms with E-state index in [1.807, 2.05) is 0 Å². The van der Waals surface area contributed by atoms with Crippen LogP contribution in [0.1, 0.15) is 11.1 Å². The van der Waals surface area contributed by atoms with Gasteiger partial charge in [0.05, 0.1) is 10.6 Å². The van der Waals surface area contributed by atoms with Crippen LogP contribution in [0, 0.1) is 0 Å². The predicted octanol–water partition coefficient (Wildman–Crippen LogP) is 0.850. The van der Waals surface area contributed by atoms with Crippen LogP contribution in [-0.4, -0.2) is 5.96 Å². The molecule has 18 heavy (non-hydrogen) atoms. The lowest BCUT2D eigenvalue weighted by molar-refractivity contribution is -0.137. The number of hydrogen-bond donors (Lipinski definition) is 4. The highest BCUT2D eigenvalue weighted by Crippen LogP contribution is 2.36. The average molecular weight is 280 g/mol. The molecule has 0 saturated heterocycles. The van der Waals surface area contributed by atoms with Crippen molar-refractivity contribution in [1.82, 2.24) is 10.9 Å². The first-order valence-electron chi connectivity index (χ1n) is 4.77. The van der Waals surface area contributed by atoms with Gasteiger partial charge in [-0.15, -0.1) is 0 Å². The summed E-state index contributed by atoms with van der Waals surface area (Å²) in [5.74, 6) is -1.40. The van der Waals surface area contributed by atoms with Crippen molar-refractivity contribution >= 4 is 17.6 Å². The maximum absolute atomic E-state index is 12.5. The molecule has 5 nitrogen and oxygen atoms in total. The summed E-state index contributed by atoms with van der Waals surface area (Å²) in [6, 6.07) is 3.13. The number of alkyl halides is 3. The average Bonchev–Trinajstić information content (AvgIpc) is 2.58. The van der Waals surface area contributed by atoms with Crippen LogP contribution in [0.3, 0.4) is 0 Å². The van der Waals surface area contributed by atoms with Gasteiger partial charge in [-0.25, -0.2) is 4.99 Å². The van der Waals surface area contributed by atoms with Gasteiger partial charge in [-0.1, -0.05) is 17.7 Å². The van der Waals surface area contributed by atoms with Gasteiger partial charge in [0.2, 0.25) is 11.7 Å². The number of nitrogens with two attached hydrogens (primary N) is 2. The van der Waals surface area contributed by atoms with Gasteiger partial charge in [-0.05, 0) is 12.1 Å². The number of nitrogens with one attached hydrogen (secondary N) is 2. The molecule has 0 bridgehead atoms. The summed E-state index contributed by atoms with van der Waals surface area (Å²) in [5, 5.41) is -0.452. The Morgan fingerprint density at radius 2 is 2.00 bits per heavy atom. The van der Waals surface area contributed by atoms with E-state index < -0.39 is 22.5 Å². The van der Waals surface area contributed by atoms with Gasteiger partial charge in [0.25, 0.3) is 0 Å². The third-order valence-electron chi connectivity index (χ3n) is 2.39. The van der Waals surface area contributed by atoms with Crippen LogP contribution < -0.4 is 22.3 Å². The SMILES string of the molecule is NC1=NC(N)(c2ccc(C(F)(F)F)c(Cl)c2)NN1. The molecule has 1 atom stereocenters. The van der Waals surface area contributed by atoms with Crippen LogP contribution in [0.5, 0.6) is 0 Å². The number of benzene rings is 1. The van der Waals surface area contributed by atoms with E-state index in [-0.39, 0.29) is 11.5 Å². The van der Waals surface area contributed by atoms with Crippen molar-refractivity contribution in [1.29, 1.82) is 0 Å². The Kier molecular flexibility index (Phi) is 2.88. The normalized spacial score (nSPS) is 23.7. The van der Waals surface area contributed by atoms with Crippen LogP contribution in [0.2, 0.25) is 5.02 Å². The molecule has 0 spiro atoms. The van der Waals surface area contributed by atoms with E-state index in [4.69, 9.17) is 23.1 Å². The minimum absolute atomic E-state index is 0.0357. The number of hydrazine groups is 1. The highest BCUT2D eigenvalue weighted by atomic mass is 35.5. The van der Waals surface area contributed by atoms with Crippen LogP contribution in [0.4, 0.5) is 13.2 Å². The molecular weight excluding hydrogens is 271 g/mol.